The number of benzene rings is 1. The van der Waals surface area contributed by atoms with Crippen LogP contribution >= 0.6 is 0 Å². The summed E-state index contributed by atoms with van der Waals surface area (Å²) in [6, 6.07) is 6.25. The Balaban J connectivity index is 1.81. The Kier molecular flexibility index (Phi) is 5.18. The first kappa shape index (κ1) is 19.6. The van der Waals surface area contributed by atoms with Crippen LogP contribution < -0.4 is 15.5 Å². The van der Waals surface area contributed by atoms with Crippen molar-refractivity contribution in [2.75, 3.05) is 16.8 Å². The summed E-state index contributed by atoms with van der Waals surface area (Å²) in [4.78, 5) is 46.9. The molecule has 2 aromatic rings. The first-order chi connectivity index (χ1) is 14.5. The molecule has 30 heavy (non-hydrogen) atoms. The Morgan fingerprint density at radius 2 is 2.00 bits per heavy atom. The number of fused-ring (bicyclic) bond motifs is 5. The second-order valence-electron chi connectivity index (χ2n) is 7.31. The van der Waals surface area contributed by atoms with Crippen LogP contribution in [0.15, 0.2) is 41.7 Å². The Morgan fingerprint density at radius 1 is 1.20 bits per heavy atom. The average Bonchev–Trinajstić information content (AvgIpc) is 3.10. The Bertz CT molecular complexity index is 1070. The number of carboxylic acids is 1. The number of guanidine groups is 1. The molecule has 0 unspecified atom stereocenters. The maximum atomic E-state index is 12.9. The van der Waals surface area contributed by atoms with E-state index in [1.54, 1.807) is 23.1 Å². The minimum atomic E-state index is -1.10. The van der Waals surface area contributed by atoms with Crippen LogP contribution in [-0.4, -0.2) is 46.4 Å². The van der Waals surface area contributed by atoms with Gasteiger partial charge in [-0.2, -0.15) is 4.99 Å². The van der Waals surface area contributed by atoms with Gasteiger partial charge in [0.15, 0.2) is 0 Å². The molecule has 1 aromatic carbocycles. The van der Waals surface area contributed by atoms with Gasteiger partial charge in [-0.3, -0.25) is 14.6 Å². The highest BCUT2D eigenvalue weighted by atomic mass is 16.4. The van der Waals surface area contributed by atoms with Crippen LogP contribution in [0.3, 0.4) is 0 Å². The lowest BCUT2D eigenvalue weighted by molar-refractivity contribution is 0.0696. The van der Waals surface area contributed by atoms with E-state index < -0.39 is 11.9 Å². The molecule has 2 bridgehead atoms. The van der Waals surface area contributed by atoms with E-state index in [9.17, 15) is 19.5 Å². The monoisotopic (exact) mass is 407 g/mol. The van der Waals surface area contributed by atoms with E-state index in [4.69, 9.17) is 0 Å². The summed E-state index contributed by atoms with van der Waals surface area (Å²) in [6.45, 7) is 2.47. The van der Waals surface area contributed by atoms with E-state index in [-0.39, 0.29) is 29.0 Å². The number of hydrogen-bond acceptors (Lipinski definition) is 6. The summed E-state index contributed by atoms with van der Waals surface area (Å²) in [6.07, 6.45) is 5.12. The zero-order chi connectivity index (χ0) is 21.3. The topological polar surface area (TPSA) is 124 Å². The van der Waals surface area contributed by atoms with Gasteiger partial charge in [-0.25, -0.2) is 4.79 Å². The highest BCUT2D eigenvalue weighted by Crippen LogP contribution is 2.37. The summed E-state index contributed by atoms with van der Waals surface area (Å²) in [5.74, 6) is -1.60. The fraction of sp³-hybridized carbons (Fsp3) is 0.286. The number of hydrogen-bond donors (Lipinski definition) is 3. The summed E-state index contributed by atoms with van der Waals surface area (Å²) in [7, 11) is 0. The summed E-state index contributed by atoms with van der Waals surface area (Å²) in [5, 5.41) is 15.5. The van der Waals surface area contributed by atoms with Crippen molar-refractivity contribution in [1.82, 2.24) is 10.3 Å². The molecular weight excluding hydrogens is 386 g/mol. The third kappa shape index (κ3) is 3.61. The van der Waals surface area contributed by atoms with Crippen molar-refractivity contribution >= 4 is 35.1 Å². The van der Waals surface area contributed by atoms with Gasteiger partial charge in [-0.05, 0) is 44.4 Å². The molecule has 9 heteroatoms. The van der Waals surface area contributed by atoms with Gasteiger partial charge in [-0.1, -0.05) is 6.07 Å². The van der Waals surface area contributed by atoms with Gasteiger partial charge < -0.3 is 20.6 Å². The number of carbonyl (C=O) groups is 3. The molecule has 0 aliphatic carbocycles. The number of carboxylic acid groups (broad SMARTS) is 1. The zero-order valence-corrected chi connectivity index (χ0v) is 16.4. The van der Waals surface area contributed by atoms with Crippen molar-refractivity contribution in [3.63, 3.8) is 0 Å². The number of anilines is 2. The van der Waals surface area contributed by atoms with Crippen molar-refractivity contribution in [1.29, 1.82) is 0 Å². The largest absolute Gasteiger partial charge is 0.478 e. The van der Waals surface area contributed by atoms with E-state index in [0.717, 1.165) is 19.3 Å². The second kappa shape index (κ2) is 7.94. The standard InChI is InChI=1S/C21H21N5O4/c1-12-5-2-3-8-23-18(27)13-6-4-7-14(9-13)19(28)25-21-24-16-11-22-10-15(20(29)30)17(16)26(12)21/h4,6-7,9-12H,2-3,5,8H2,1H3,(H,23,27)(H,29,30)(H,24,25,28)/t12-/m0/s1. The fourth-order valence-corrected chi connectivity index (χ4v) is 3.71. The van der Waals surface area contributed by atoms with Crippen LogP contribution in [0.5, 0.6) is 0 Å². The SMILES string of the molecule is C[C@H]1CCCCNC(=O)c2cccc(c2)C(=O)/N=C2\Nc3cncc(C(=O)O)c3N21. The average molecular weight is 407 g/mol. The van der Waals surface area contributed by atoms with Gasteiger partial charge in [0.05, 0.1) is 17.6 Å². The normalized spacial score (nSPS) is 20.8. The van der Waals surface area contributed by atoms with E-state index in [2.05, 4.69) is 20.6 Å². The van der Waals surface area contributed by atoms with Crippen molar-refractivity contribution in [2.45, 2.75) is 32.2 Å². The molecule has 1 atom stereocenters. The molecule has 0 radical (unpaired) electrons. The predicted molar refractivity (Wildman–Crippen MR) is 111 cm³/mol. The van der Waals surface area contributed by atoms with E-state index in [1.165, 1.54) is 18.5 Å². The molecule has 1 aromatic heterocycles. The van der Waals surface area contributed by atoms with Crippen LogP contribution in [0.2, 0.25) is 0 Å². The molecule has 3 heterocycles. The molecule has 154 valence electrons. The Morgan fingerprint density at radius 3 is 2.80 bits per heavy atom. The smallest absolute Gasteiger partial charge is 0.339 e. The summed E-state index contributed by atoms with van der Waals surface area (Å²) >= 11 is 0. The number of rotatable bonds is 1. The number of aromatic nitrogens is 1. The molecule has 3 N–H and O–H groups in total. The quantitative estimate of drug-likeness (QED) is 0.663. The molecule has 2 aliphatic rings. The van der Waals surface area contributed by atoms with Gasteiger partial charge in [-0.15, -0.1) is 0 Å². The maximum absolute atomic E-state index is 12.9. The predicted octanol–water partition coefficient (Wildman–Crippen LogP) is 2.51. The highest BCUT2D eigenvalue weighted by molar-refractivity contribution is 6.21. The molecule has 0 saturated heterocycles. The van der Waals surface area contributed by atoms with Crippen LogP contribution in [0.25, 0.3) is 0 Å². The molecule has 9 nitrogen and oxygen atoms in total. The van der Waals surface area contributed by atoms with Gasteiger partial charge >= 0.3 is 5.97 Å². The molecule has 2 amide bonds. The number of carbonyl (C=O) groups excluding carboxylic acids is 2. The van der Waals surface area contributed by atoms with Gasteiger partial charge in [0, 0.05) is 29.9 Å². The number of aromatic carboxylic acids is 1. The third-order valence-electron chi connectivity index (χ3n) is 5.22. The minimum absolute atomic E-state index is 0.0416. The molecule has 4 rings (SSSR count). The van der Waals surface area contributed by atoms with Crippen molar-refractivity contribution in [3.8, 4) is 0 Å². The third-order valence-corrected chi connectivity index (χ3v) is 5.22. The molecule has 2 aliphatic heterocycles. The van der Waals surface area contributed by atoms with Crippen LogP contribution in [0, 0.1) is 0 Å². The Labute approximate surface area is 172 Å². The fourth-order valence-electron chi connectivity index (χ4n) is 3.71. The van der Waals surface area contributed by atoms with Gasteiger partial charge in [0.2, 0.25) is 5.96 Å². The number of pyridine rings is 1. The summed E-state index contributed by atoms with van der Waals surface area (Å²) in [5.41, 5.74) is 1.64. The molecular formula is C21H21N5O4. The van der Waals surface area contributed by atoms with E-state index in [0.29, 0.717) is 23.5 Å². The number of amides is 2. The minimum Gasteiger partial charge on any atom is -0.478 e. The first-order valence-electron chi connectivity index (χ1n) is 9.74. The van der Waals surface area contributed by atoms with Crippen molar-refractivity contribution < 1.29 is 19.5 Å². The zero-order valence-electron chi connectivity index (χ0n) is 16.4. The van der Waals surface area contributed by atoms with E-state index in [1.807, 2.05) is 6.92 Å². The van der Waals surface area contributed by atoms with Crippen molar-refractivity contribution in [2.24, 2.45) is 4.99 Å². The molecule has 0 fully saturated rings. The van der Waals surface area contributed by atoms with Crippen molar-refractivity contribution in [3.05, 3.63) is 53.3 Å². The number of nitrogens with one attached hydrogen (secondary N) is 2. The lowest BCUT2D eigenvalue weighted by Crippen LogP contribution is -2.39. The van der Waals surface area contributed by atoms with Crippen LogP contribution in [-0.2, 0) is 0 Å². The second-order valence-corrected chi connectivity index (χ2v) is 7.31. The summed E-state index contributed by atoms with van der Waals surface area (Å²) < 4.78 is 0. The lowest BCUT2D eigenvalue weighted by Gasteiger charge is -2.27. The van der Waals surface area contributed by atoms with Gasteiger partial charge in [0.25, 0.3) is 11.8 Å². The lowest BCUT2D eigenvalue weighted by atomic mass is 10.1. The van der Waals surface area contributed by atoms with Gasteiger partial charge in [0.1, 0.15) is 5.56 Å². The number of nitrogens with zero attached hydrogens (tertiary/aromatic N) is 3. The van der Waals surface area contributed by atoms with Crippen LogP contribution in [0.4, 0.5) is 11.4 Å². The highest BCUT2D eigenvalue weighted by Gasteiger charge is 2.34. The molecule has 0 spiro atoms. The Hall–Kier alpha value is -3.75. The maximum Gasteiger partial charge on any atom is 0.339 e. The molecule has 0 saturated carbocycles. The van der Waals surface area contributed by atoms with Crippen LogP contribution in [0.1, 0.15) is 57.3 Å². The first-order valence-corrected chi connectivity index (χ1v) is 9.74. The number of aliphatic imine (C=N–C) groups is 1. The van der Waals surface area contributed by atoms with E-state index >= 15 is 0 Å².